The lowest BCUT2D eigenvalue weighted by atomic mass is 9.95. The van der Waals surface area contributed by atoms with E-state index >= 15 is 0 Å². The van der Waals surface area contributed by atoms with E-state index in [1.165, 1.54) is 17.8 Å². The summed E-state index contributed by atoms with van der Waals surface area (Å²) in [5.41, 5.74) is 0. The van der Waals surface area contributed by atoms with Crippen LogP contribution in [0.25, 0.3) is 0 Å². The fraction of sp³-hybridized carbons (Fsp3) is 0.615. The third-order valence-corrected chi connectivity index (χ3v) is 4.74. The molecule has 2 heterocycles. The Morgan fingerprint density at radius 2 is 2.35 bits per heavy atom. The second-order valence-electron chi connectivity index (χ2n) is 5.05. The van der Waals surface area contributed by atoms with Crippen LogP contribution < -0.4 is 0 Å². The van der Waals surface area contributed by atoms with Gasteiger partial charge >= 0.3 is 0 Å². The van der Waals surface area contributed by atoms with Gasteiger partial charge in [0.25, 0.3) is 0 Å². The molecule has 1 atom stereocenters. The predicted octanol–water partition coefficient (Wildman–Crippen LogP) is 3.56. The largest absolute Gasteiger partial charge is 0.295 e. The summed E-state index contributed by atoms with van der Waals surface area (Å²) in [6.07, 6.45) is 1.22. The van der Waals surface area contributed by atoms with Crippen LogP contribution in [0.2, 0.25) is 4.34 Å². The van der Waals surface area contributed by atoms with E-state index in [0.717, 1.165) is 23.9 Å². The van der Waals surface area contributed by atoms with E-state index in [9.17, 15) is 4.79 Å². The Kier molecular flexibility index (Phi) is 4.23. The molecule has 2 nitrogen and oxygen atoms in total. The fourth-order valence-electron chi connectivity index (χ4n) is 2.30. The summed E-state index contributed by atoms with van der Waals surface area (Å²) in [4.78, 5) is 15.0. The van der Waals surface area contributed by atoms with Crippen molar-refractivity contribution < 1.29 is 4.79 Å². The molecule has 1 unspecified atom stereocenters. The van der Waals surface area contributed by atoms with E-state index in [1.807, 2.05) is 6.07 Å². The molecule has 0 bridgehead atoms. The number of carbonyl (C=O) groups excluding carboxylic acids is 1. The van der Waals surface area contributed by atoms with Crippen molar-refractivity contribution in [2.45, 2.75) is 20.3 Å². The van der Waals surface area contributed by atoms with Gasteiger partial charge in [-0.3, -0.25) is 9.69 Å². The van der Waals surface area contributed by atoms with Crippen LogP contribution in [-0.4, -0.2) is 30.3 Å². The molecule has 1 aliphatic heterocycles. The van der Waals surface area contributed by atoms with Crippen LogP contribution in [0.3, 0.4) is 0 Å². The van der Waals surface area contributed by atoms with Gasteiger partial charge in [-0.15, -0.1) is 11.3 Å². The number of carbonyl (C=O) groups is 1. The molecule has 0 aliphatic carbocycles. The smallest absolute Gasteiger partial charge is 0.186 e. The second-order valence-corrected chi connectivity index (χ2v) is 6.77. The minimum Gasteiger partial charge on any atom is -0.295 e. The van der Waals surface area contributed by atoms with Gasteiger partial charge in [-0.2, -0.15) is 0 Å². The van der Waals surface area contributed by atoms with Crippen LogP contribution in [0.4, 0.5) is 0 Å². The average Bonchev–Trinajstić information content (AvgIpc) is 2.86. The molecule has 1 saturated heterocycles. The molecule has 0 N–H and O–H groups in total. The Bertz CT molecular complexity index is 402. The van der Waals surface area contributed by atoms with Crippen LogP contribution in [0.15, 0.2) is 12.1 Å². The zero-order chi connectivity index (χ0) is 12.4. The molecular formula is C13H18ClNOS. The Labute approximate surface area is 112 Å². The number of ketones is 1. The zero-order valence-corrected chi connectivity index (χ0v) is 11.9. The highest BCUT2D eigenvalue weighted by Gasteiger charge is 2.26. The topological polar surface area (TPSA) is 20.3 Å². The van der Waals surface area contributed by atoms with Crippen molar-refractivity contribution in [1.29, 1.82) is 0 Å². The molecular weight excluding hydrogens is 254 g/mol. The molecule has 0 saturated carbocycles. The van der Waals surface area contributed by atoms with Crippen molar-refractivity contribution in [2.75, 3.05) is 19.6 Å². The Morgan fingerprint density at radius 1 is 1.59 bits per heavy atom. The molecule has 0 amide bonds. The average molecular weight is 272 g/mol. The van der Waals surface area contributed by atoms with Crippen molar-refractivity contribution in [2.24, 2.45) is 11.8 Å². The maximum atomic E-state index is 12.0. The van der Waals surface area contributed by atoms with Crippen LogP contribution in [0.1, 0.15) is 29.9 Å². The maximum absolute atomic E-state index is 12.0. The summed E-state index contributed by atoms with van der Waals surface area (Å²) in [7, 11) is 0. The highest BCUT2D eigenvalue weighted by molar-refractivity contribution is 7.18. The molecule has 1 aliphatic rings. The third-order valence-electron chi connectivity index (χ3n) is 3.47. The lowest BCUT2D eigenvalue weighted by Gasteiger charge is -2.16. The Balaban J connectivity index is 1.88. The molecule has 1 aromatic rings. The minimum absolute atomic E-state index is 0.200. The van der Waals surface area contributed by atoms with E-state index < -0.39 is 0 Å². The summed E-state index contributed by atoms with van der Waals surface area (Å²) in [6, 6.07) is 3.62. The number of thiophene rings is 1. The highest BCUT2D eigenvalue weighted by atomic mass is 35.5. The van der Waals surface area contributed by atoms with Gasteiger partial charge in [0.2, 0.25) is 0 Å². The first-order valence-electron chi connectivity index (χ1n) is 6.07. The zero-order valence-electron chi connectivity index (χ0n) is 10.3. The molecule has 0 radical (unpaired) electrons. The SMILES string of the molecule is CC(C)C1CCN(CC(=O)c2ccc(Cl)s2)C1. The number of likely N-dealkylation sites (tertiary alicyclic amines) is 1. The van der Waals surface area contributed by atoms with Crippen LogP contribution in [-0.2, 0) is 0 Å². The Morgan fingerprint density at radius 3 is 2.88 bits per heavy atom. The second kappa shape index (κ2) is 5.51. The number of hydrogen-bond acceptors (Lipinski definition) is 3. The number of halogens is 1. The molecule has 17 heavy (non-hydrogen) atoms. The first-order chi connectivity index (χ1) is 8.06. The first-order valence-corrected chi connectivity index (χ1v) is 7.26. The Hall–Kier alpha value is -0.380. The molecule has 4 heteroatoms. The van der Waals surface area contributed by atoms with Crippen molar-refractivity contribution in [3.63, 3.8) is 0 Å². The van der Waals surface area contributed by atoms with Gasteiger partial charge in [-0.05, 0) is 36.9 Å². The van der Waals surface area contributed by atoms with Crippen LogP contribution in [0, 0.1) is 11.8 Å². The van der Waals surface area contributed by atoms with Gasteiger partial charge in [0, 0.05) is 6.54 Å². The molecule has 0 aromatic carbocycles. The first kappa shape index (κ1) is 13.1. The van der Waals surface area contributed by atoms with E-state index in [4.69, 9.17) is 11.6 Å². The summed E-state index contributed by atoms with van der Waals surface area (Å²) >= 11 is 7.21. The van der Waals surface area contributed by atoms with Gasteiger partial charge in [-0.25, -0.2) is 0 Å². The normalized spacial score (nSPS) is 21.3. The quantitative estimate of drug-likeness (QED) is 0.781. The minimum atomic E-state index is 0.200. The molecule has 1 aromatic heterocycles. The number of nitrogens with zero attached hydrogens (tertiary/aromatic N) is 1. The lowest BCUT2D eigenvalue weighted by Crippen LogP contribution is -2.28. The van der Waals surface area contributed by atoms with E-state index in [2.05, 4.69) is 18.7 Å². The van der Waals surface area contributed by atoms with Crippen LogP contribution >= 0.6 is 22.9 Å². The summed E-state index contributed by atoms with van der Waals surface area (Å²) in [5.74, 6) is 1.66. The van der Waals surface area contributed by atoms with Crippen molar-refractivity contribution in [1.82, 2.24) is 4.90 Å². The number of hydrogen-bond donors (Lipinski definition) is 0. The molecule has 0 spiro atoms. The van der Waals surface area contributed by atoms with Crippen LogP contribution in [0.5, 0.6) is 0 Å². The molecule has 1 fully saturated rings. The third kappa shape index (κ3) is 3.30. The fourth-order valence-corrected chi connectivity index (χ4v) is 3.27. The number of Topliss-reactive ketones (excluding diaryl/α,β-unsaturated/α-hetero) is 1. The number of rotatable bonds is 4. The predicted molar refractivity (Wildman–Crippen MR) is 73.0 cm³/mol. The van der Waals surface area contributed by atoms with Gasteiger partial charge in [0.15, 0.2) is 5.78 Å². The summed E-state index contributed by atoms with van der Waals surface area (Å²) < 4.78 is 0.690. The monoisotopic (exact) mass is 271 g/mol. The van der Waals surface area contributed by atoms with E-state index in [-0.39, 0.29) is 5.78 Å². The van der Waals surface area contributed by atoms with Crippen molar-refractivity contribution in [3.8, 4) is 0 Å². The lowest BCUT2D eigenvalue weighted by molar-refractivity contribution is 0.0946. The van der Waals surface area contributed by atoms with Gasteiger partial charge in [-0.1, -0.05) is 25.4 Å². The van der Waals surface area contributed by atoms with Gasteiger partial charge in [0.05, 0.1) is 15.8 Å². The standard InChI is InChI=1S/C13H18ClNOS/c1-9(2)10-5-6-15(7-10)8-11(16)12-3-4-13(14)17-12/h3-4,9-10H,5-8H2,1-2H3. The van der Waals surface area contributed by atoms with E-state index in [1.54, 1.807) is 6.07 Å². The van der Waals surface area contributed by atoms with E-state index in [0.29, 0.717) is 16.8 Å². The van der Waals surface area contributed by atoms with Crippen molar-refractivity contribution in [3.05, 3.63) is 21.3 Å². The van der Waals surface area contributed by atoms with Crippen molar-refractivity contribution >= 4 is 28.7 Å². The summed E-state index contributed by atoms with van der Waals surface area (Å²) in [6.45, 7) is 7.17. The molecule has 2 rings (SSSR count). The highest BCUT2D eigenvalue weighted by Crippen LogP contribution is 2.25. The summed E-state index contributed by atoms with van der Waals surface area (Å²) in [5, 5.41) is 0. The maximum Gasteiger partial charge on any atom is 0.186 e. The van der Waals surface area contributed by atoms with Gasteiger partial charge in [0.1, 0.15) is 0 Å². The molecule has 94 valence electrons. The van der Waals surface area contributed by atoms with Gasteiger partial charge < -0.3 is 0 Å².